The molecule has 3 heteroatoms. The standard InChI is InChI=1S/C14H30N2O/c1-4-5-6-9-16(3)13(2)11-15-12-14-8-7-10-17-14/h13-15H,4-12H2,1-3H3. The molecule has 1 rings (SSSR count). The number of nitrogens with one attached hydrogen (secondary N) is 1. The second-order valence-corrected chi connectivity index (χ2v) is 5.33. The normalized spacial score (nSPS) is 22.2. The number of nitrogens with zero attached hydrogens (tertiary/aromatic N) is 1. The second-order valence-electron chi connectivity index (χ2n) is 5.33. The Kier molecular flexibility index (Phi) is 7.82. The van der Waals surface area contributed by atoms with Crippen LogP contribution < -0.4 is 5.32 Å². The van der Waals surface area contributed by atoms with Crippen molar-refractivity contribution in [2.24, 2.45) is 0 Å². The summed E-state index contributed by atoms with van der Waals surface area (Å²) in [7, 11) is 2.23. The van der Waals surface area contributed by atoms with Gasteiger partial charge in [0.15, 0.2) is 0 Å². The van der Waals surface area contributed by atoms with Gasteiger partial charge in [0, 0.05) is 25.7 Å². The first-order valence-electron chi connectivity index (χ1n) is 7.26. The van der Waals surface area contributed by atoms with Gasteiger partial charge in [-0.1, -0.05) is 19.8 Å². The third-order valence-electron chi connectivity index (χ3n) is 3.70. The number of rotatable bonds is 9. The van der Waals surface area contributed by atoms with Crippen molar-refractivity contribution in [3.8, 4) is 0 Å². The Morgan fingerprint density at radius 1 is 1.41 bits per heavy atom. The van der Waals surface area contributed by atoms with E-state index in [9.17, 15) is 0 Å². The topological polar surface area (TPSA) is 24.5 Å². The van der Waals surface area contributed by atoms with E-state index in [1.165, 1.54) is 38.6 Å². The SMILES string of the molecule is CCCCCN(C)C(C)CNCC1CCCO1. The van der Waals surface area contributed by atoms with Crippen LogP contribution in [0.3, 0.4) is 0 Å². The van der Waals surface area contributed by atoms with Gasteiger partial charge >= 0.3 is 0 Å². The maximum atomic E-state index is 5.60. The minimum absolute atomic E-state index is 0.465. The molecule has 0 spiro atoms. The highest BCUT2D eigenvalue weighted by molar-refractivity contribution is 4.71. The number of hydrogen-bond acceptors (Lipinski definition) is 3. The number of hydrogen-bond donors (Lipinski definition) is 1. The Morgan fingerprint density at radius 2 is 2.24 bits per heavy atom. The zero-order valence-corrected chi connectivity index (χ0v) is 11.9. The molecule has 0 aromatic rings. The van der Waals surface area contributed by atoms with Crippen molar-refractivity contribution >= 4 is 0 Å². The minimum atomic E-state index is 0.465. The van der Waals surface area contributed by atoms with Crippen molar-refractivity contribution in [2.75, 3.05) is 33.3 Å². The van der Waals surface area contributed by atoms with Crippen LogP contribution in [0.25, 0.3) is 0 Å². The highest BCUT2D eigenvalue weighted by Crippen LogP contribution is 2.10. The molecule has 1 fully saturated rings. The van der Waals surface area contributed by atoms with Crippen molar-refractivity contribution in [3.05, 3.63) is 0 Å². The van der Waals surface area contributed by atoms with Crippen LogP contribution in [0.1, 0.15) is 46.0 Å². The van der Waals surface area contributed by atoms with E-state index in [4.69, 9.17) is 4.74 Å². The Balaban J connectivity index is 2.00. The highest BCUT2D eigenvalue weighted by Gasteiger charge is 2.15. The van der Waals surface area contributed by atoms with Gasteiger partial charge in [-0.05, 0) is 39.8 Å². The molecule has 1 aliphatic rings. The van der Waals surface area contributed by atoms with E-state index in [2.05, 4.69) is 31.1 Å². The number of likely N-dealkylation sites (N-methyl/N-ethyl adjacent to an activating group) is 1. The lowest BCUT2D eigenvalue weighted by Gasteiger charge is -2.25. The zero-order chi connectivity index (χ0) is 12.5. The van der Waals surface area contributed by atoms with Crippen LogP contribution in [-0.4, -0.2) is 50.3 Å². The van der Waals surface area contributed by atoms with Gasteiger partial charge in [0.2, 0.25) is 0 Å². The maximum Gasteiger partial charge on any atom is 0.0700 e. The molecule has 0 bridgehead atoms. The molecule has 1 heterocycles. The van der Waals surface area contributed by atoms with Crippen molar-refractivity contribution in [2.45, 2.75) is 58.1 Å². The average molecular weight is 242 g/mol. The molecule has 0 aliphatic carbocycles. The number of unbranched alkanes of at least 4 members (excludes halogenated alkanes) is 2. The predicted molar refractivity (Wildman–Crippen MR) is 73.5 cm³/mol. The summed E-state index contributed by atoms with van der Waals surface area (Å²) < 4.78 is 5.60. The molecule has 17 heavy (non-hydrogen) atoms. The molecule has 0 saturated carbocycles. The van der Waals surface area contributed by atoms with E-state index < -0.39 is 0 Å². The molecule has 1 N–H and O–H groups in total. The van der Waals surface area contributed by atoms with Gasteiger partial charge in [-0.25, -0.2) is 0 Å². The van der Waals surface area contributed by atoms with E-state index in [1.807, 2.05) is 0 Å². The molecule has 0 radical (unpaired) electrons. The van der Waals surface area contributed by atoms with Gasteiger partial charge in [0.05, 0.1) is 6.10 Å². The Morgan fingerprint density at radius 3 is 2.88 bits per heavy atom. The molecule has 1 saturated heterocycles. The molecule has 0 aromatic heterocycles. The van der Waals surface area contributed by atoms with E-state index >= 15 is 0 Å². The first kappa shape index (κ1) is 14.9. The van der Waals surface area contributed by atoms with Gasteiger partial charge in [-0.3, -0.25) is 0 Å². The van der Waals surface area contributed by atoms with Crippen LogP contribution >= 0.6 is 0 Å². The maximum absolute atomic E-state index is 5.60. The van der Waals surface area contributed by atoms with Gasteiger partial charge in [0.1, 0.15) is 0 Å². The fraction of sp³-hybridized carbons (Fsp3) is 1.00. The average Bonchev–Trinajstić information content (AvgIpc) is 2.82. The molecule has 3 nitrogen and oxygen atoms in total. The van der Waals surface area contributed by atoms with Gasteiger partial charge in [-0.2, -0.15) is 0 Å². The smallest absolute Gasteiger partial charge is 0.0700 e. The van der Waals surface area contributed by atoms with E-state index in [1.54, 1.807) is 0 Å². The van der Waals surface area contributed by atoms with Crippen molar-refractivity contribution in [3.63, 3.8) is 0 Å². The monoisotopic (exact) mass is 242 g/mol. The lowest BCUT2D eigenvalue weighted by Crippen LogP contribution is -2.40. The van der Waals surface area contributed by atoms with E-state index in [-0.39, 0.29) is 0 Å². The third kappa shape index (κ3) is 6.39. The van der Waals surface area contributed by atoms with Crippen molar-refractivity contribution in [1.29, 1.82) is 0 Å². The number of ether oxygens (including phenoxy) is 1. The summed E-state index contributed by atoms with van der Waals surface area (Å²) in [5.41, 5.74) is 0. The molecule has 1 aliphatic heterocycles. The molecule has 0 aromatic carbocycles. The van der Waals surface area contributed by atoms with Crippen LogP contribution in [0, 0.1) is 0 Å². The predicted octanol–water partition coefficient (Wildman–Crippen LogP) is 2.27. The van der Waals surface area contributed by atoms with Crippen LogP contribution in [-0.2, 0) is 4.74 Å². The summed E-state index contributed by atoms with van der Waals surface area (Å²) in [4.78, 5) is 2.46. The van der Waals surface area contributed by atoms with Crippen molar-refractivity contribution in [1.82, 2.24) is 10.2 Å². The Hall–Kier alpha value is -0.120. The fourth-order valence-electron chi connectivity index (χ4n) is 2.25. The van der Waals surface area contributed by atoms with Crippen LogP contribution in [0.15, 0.2) is 0 Å². The molecule has 102 valence electrons. The van der Waals surface area contributed by atoms with Gasteiger partial charge in [-0.15, -0.1) is 0 Å². The summed E-state index contributed by atoms with van der Waals surface area (Å²) in [6.45, 7) is 8.83. The second kappa shape index (κ2) is 8.90. The molecule has 2 unspecified atom stereocenters. The largest absolute Gasteiger partial charge is 0.377 e. The molecule has 0 amide bonds. The summed E-state index contributed by atoms with van der Waals surface area (Å²) in [6.07, 6.45) is 6.91. The van der Waals surface area contributed by atoms with Gasteiger partial charge < -0.3 is 15.0 Å². The van der Waals surface area contributed by atoms with Crippen LogP contribution in [0.4, 0.5) is 0 Å². The first-order chi connectivity index (χ1) is 8.24. The Bertz CT molecular complexity index is 181. The van der Waals surface area contributed by atoms with Gasteiger partial charge in [0.25, 0.3) is 0 Å². The minimum Gasteiger partial charge on any atom is -0.377 e. The zero-order valence-electron chi connectivity index (χ0n) is 11.9. The van der Waals surface area contributed by atoms with Crippen LogP contribution in [0.2, 0.25) is 0 Å². The summed E-state index contributed by atoms with van der Waals surface area (Å²) >= 11 is 0. The van der Waals surface area contributed by atoms with E-state index in [0.29, 0.717) is 12.1 Å². The fourth-order valence-corrected chi connectivity index (χ4v) is 2.25. The summed E-state index contributed by atoms with van der Waals surface area (Å²) in [6, 6.07) is 0.619. The first-order valence-corrected chi connectivity index (χ1v) is 7.26. The quantitative estimate of drug-likeness (QED) is 0.628. The summed E-state index contributed by atoms with van der Waals surface area (Å²) in [5, 5.41) is 3.53. The Labute approximate surface area is 107 Å². The highest BCUT2D eigenvalue weighted by atomic mass is 16.5. The van der Waals surface area contributed by atoms with E-state index in [0.717, 1.165) is 19.7 Å². The third-order valence-corrected chi connectivity index (χ3v) is 3.70. The molecular formula is C14H30N2O. The molecule has 2 atom stereocenters. The van der Waals surface area contributed by atoms with Crippen molar-refractivity contribution < 1.29 is 4.74 Å². The van der Waals surface area contributed by atoms with Crippen LogP contribution in [0.5, 0.6) is 0 Å². The molecular weight excluding hydrogens is 212 g/mol. The summed E-state index contributed by atoms with van der Waals surface area (Å²) in [5.74, 6) is 0. The lowest BCUT2D eigenvalue weighted by molar-refractivity contribution is 0.108. The lowest BCUT2D eigenvalue weighted by atomic mass is 10.2.